The highest BCUT2D eigenvalue weighted by atomic mass is 16.5. The standard InChI is InChI=1S/C17H24N6O2/c1-12-9-13(2)23(21-12)11-15-10-22(7-8-25-15)14(3)16(24)20-17-18-5-4-6-19-17/h4-6,9,14-15H,7-8,10-11H2,1-3H3,(H,18,19,20,24)/t14-,15+/m0/s1. The van der Waals surface area contributed by atoms with Gasteiger partial charge in [0, 0.05) is 31.2 Å². The molecule has 0 spiro atoms. The van der Waals surface area contributed by atoms with Crippen molar-refractivity contribution in [2.45, 2.75) is 39.5 Å². The van der Waals surface area contributed by atoms with Crippen molar-refractivity contribution in [1.82, 2.24) is 24.6 Å². The van der Waals surface area contributed by atoms with Crippen molar-refractivity contribution in [3.05, 3.63) is 35.9 Å². The van der Waals surface area contributed by atoms with Crippen LogP contribution in [0.25, 0.3) is 0 Å². The van der Waals surface area contributed by atoms with Crippen LogP contribution in [0.15, 0.2) is 24.5 Å². The molecule has 0 radical (unpaired) electrons. The lowest BCUT2D eigenvalue weighted by molar-refractivity contribution is -0.124. The Kier molecular flexibility index (Phi) is 5.40. The molecular weight excluding hydrogens is 320 g/mol. The molecule has 3 heterocycles. The number of nitrogens with one attached hydrogen (secondary N) is 1. The molecule has 2 atom stereocenters. The fourth-order valence-corrected chi connectivity index (χ4v) is 3.00. The van der Waals surface area contributed by atoms with E-state index < -0.39 is 0 Å². The van der Waals surface area contributed by atoms with Crippen LogP contribution in [0, 0.1) is 13.8 Å². The summed E-state index contributed by atoms with van der Waals surface area (Å²) in [7, 11) is 0. The van der Waals surface area contributed by atoms with Gasteiger partial charge in [-0.1, -0.05) is 0 Å². The van der Waals surface area contributed by atoms with Crippen molar-refractivity contribution in [3.8, 4) is 0 Å². The van der Waals surface area contributed by atoms with Gasteiger partial charge in [0.2, 0.25) is 11.9 Å². The number of anilines is 1. The molecule has 1 amide bonds. The van der Waals surface area contributed by atoms with E-state index >= 15 is 0 Å². The number of amides is 1. The second kappa shape index (κ2) is 7.71. The van der Waals surface area contributed by atoms with Crippen molar-refractivity contribution in [3.63, 3.8) is 0 Å². The number of rotatable bonds is 5. The molecule has 134 valence electrons. The van der Waals surface area contributed by atoms with Gasteiger partial charge >= 0.3 is 0 Å². The fourth-order valence-electron chi connectivity index (χ4n) is 3.00. The normalized spacial score (nSPS) is 19.6. The number of carbonyl (C=O) groups is 1. The minimum absolute atomic E-state index is 0.00924. The van der Waals surface area contributed by atoms with Gasteiger partial charge < -0.3 is 4.74 Å². The van der Waals surface area contributed by atoms with Crippen LogP contribution in [-0.2, 0) is 16.1 Å². The summed E-state index contributed by atoms with van der Waals surface area (Å²) in [6.07, 6.45) is 3.22. The molecule has 8 heteroatoms. The highest BCUT2D eigenvalue weighted by Gasteiger charge is 2.28. The lowest BCUT2D eigenvalue weighted by Gasteiger charge is -2.36. The molecule has 25 heavy (non-hydrogen) atoms. The van der Waals surface area contributed by atoms with E-state index in [9.17, 15) is 4.79 Å². The molecule has 1 N–H and O–H groups in total. The van der Waals surface area contributed by atoms with Gasteiger partial charge in [0.1, 0.15) is 0 Å². The van der Waals surface area contributed by atoms with Gasteiger partial charge in [-0.25, -0.2) is 9.97 Å². The van der Waals surface area contributed by atoms with Crippen LogP contribution >= 0.6 is 0 Å². The third kappa shape index (κ3) is 4.40. The number of aryl methyl sites for hydroxylation is 2. The summed E-state index contributed by atoms with van der Waals surface area (Å²) >= 11 is 0. The van der Waals surface area contributed by atoms with Gasteiger partial charge in [-0.3, -0.25) is 19.7 Å². The second-order valence-corrected chi connectivity index (χ2v) is 6.33. The Balaban J connectivity index is 1.58. The van der Waals surface area contributed by atoms with Crippen molar-refractivity contribution in [2.24, 2.45) is 0 Å². The lowest BCUT2D eigenvalue weighted by atomic mass is 10.2. The fraction of sp³-hybridized carbons (Fsp3) is 0.529. The second-order valence-electron chi connectivity index (χ2n) is 6.33. The molecule has 8 nitrogen and oxygen atoms in total. The molecule has 2 aromatic rings. The molecule has 0 aromatic carbocycles. The van der Waals surface area contributed by atoms with E-state index in [0.29, 0.717) is 25.6 Å². The number of morpholine rings is 1. The molecule has 2 aromatic heterocycles. The molecule has 0 bridgehead atoms. The van der Waals surface area contributed by atoms with E-state index in [2.05, 4.69) is 31.3 Å². The molecule has 0 aliphatic carbocycles. The number of nitrogens with zero attached hydrogens (tertiary/aromatic N) is 5. The minimum Gasteiger partial charge on any atom is -0.374 e. The molecule has 1 fully saturated rings. The zero-order valence-corrected chi connectivity index (χ0v) is 14.8. The Morgan fingerprint density at radius 2 is 2.16 bits per heavy atom. The van der Waals surface area contributed by atoms with E-state index in [1.54, 1.807) is 18.5 Å². The Bertz CT molecular complexity index is 717. The highest BCUT2D eigenvalue weighted by molar-refractivity contribution is 5.93. The number of aromatic nitrogens is 4. The summed E-state index contributed by atoms with van der Waals surface area (Å²) in [5, 5.41) is 7.24. The van der Waals surface area contributed by atoms with Crippen LogP contribution in [-0.4, -0.2) is 62.4 Å². The first-order chi connectivity index (χ1) is 12.0. The Hall–Kier alpha value is -2.32. The largest absolute Gasteiger partial charge is 0.374 e. The number of hydrogen-bond donors (Lipinski definition) is 1. The Labute approximate surface area is 147 Å². The monoisotopic (exact) mass is 344 g/mol. The molecule has 3 rings (SSSR count). The maximum Gasteiger partial charge on any atom is 0.243 e. The Morgan fingerprint density at radius 1 is 1.40 bits per heavy atom. The molecular formula is C17H24N6O2. The maximum atomic E-state index is 12.4. The summed E-state index contributed by atoms with van der Waals surface area (Å²) in [6.45, 7) is 8.60. The third-order valence-electron chi connectivity index (χ3n) is 4.38. The molecule has 0 saturated carbocycles. The predicted octanol–water partition coefficient (Wildman–Crippen LogP) is 1.02. The van der Waals surface area contributed by atoms with Gasteiger partial charge in [-0.15, -0.1) is 0 Å². The van der Waals surface area contributed by atoms with E-state index in [-0.39, 0.29) is 18.1 Å². The smallest absolute Gasteiger partial charge is 0.243 e. The van der Waals surface area contributed by atoms with E-state index in [1.807, 2.05) is 25.5 Å². The van der Waals surface area contributed by atoms with Crippen LogP contribution in [0.1, 0.15) is 18.3 Å². The average Bonchev–Trinajstić information content (AvgIpc) is 2.92. The van der Waals surface area contributed by atoms with Gasteiger partial charge in [-0.05, 0) is 32.9 Å². The number of hydrogen-bond acceptors (Lipinski definition) is 6. The van der Waals surface area contributed by atoms with E-state index in [0.717, 1.165) is 17.9 Å². The topological polar surface area (TPSA) is 85.2 Å². The van der Waals surface area contributed by atoms with Gasteiger partial charge in [0.15, 0.2) is 0 Å². The molecule has 1 aliphatic heterocycles. The number of carbonyl (C=O) groups excluding carboxylic acids is 1. The minimum atomic E-state index is -0.282. The summed E-state index contributed by atoms with van der Waals surface area (Å²) in [5.74, 6) is 0.213. The van der Waals surface area contributed by atoms with Gasteiger partial charge in [-0.2, -0.15) is 5.10 Å². The molecule has 1 aliphatic rings. The average molecular weight is 344 g/mol. The molecule has 1 saturated heterocycles. The highest BCUT2D eigenvalue weighted by Crippen LogP contribution is 2.13. The summed E-state index contributed by atoms with van der Waals surface area (Å²) in [6, 6.07) is 3.48. The zero-order chi connectivity index (χ0) is 17.8. The summed E-state index contributed by atoms with van der Waals surface area (Å²) in [5.41, 5.74) is 2.12. The predicted molar refractivity (Wildman–Crippen MR) is 93.1 cm³/mol. The molecule has 0 unspecified atom stereocenters. The first-order valence-electron chi connectivity index (χ1n) is 8.47. The summed E-state index contributed by atoms with van der Waals surface area (Å²) in [4.78, 5) is 22.6. The van der Waals surface area contributed by atoms with Crippen molar-refractivity contribution >= 4 is 11.9 Å². The van der Waals surface area contributed by atoms with Crippen LogP contribution < -0.4 is 5.32 Å². The zero-order valence-electron chi connectivity index (χ0n) is 14.8. The van der Waals surface area contributed by atoms with Gasteiger partial charge in [0.05, 0.1) is 31.0 Å². The van der Waals surface area contributed by atoms with E-state index in [1.165, 1.54) is 0 Å². The van der Waals surface area contributed by atoms with Crippen molar-refractivity contribution in [1.29, 1.82) is 0 Å². The number of ether oxygens (including phenoxy) is 1. The first-order valence-corrected chi connectivity index (χ1v) is 8.47. The van der Waals surface area contributed by atoms with Crippen LogP contribution in [0.2, 0.25) is 0 Å². The van der Waals surface area contributed by atoms with Crippen LogP contribution in [0.5, 0.6) is 0 Å². The first kappa shape index (κ1) is 17.5. The SMILES string of the molecule is Cc1cc(C)n(C[C@H]2CN([C@@H](C)C(=O)Nc3ncccn3)CCO2)n1. The third-order valence-corrected chi connectivity index (χ3v) is 4.38. The van der Waals surface area contributed by atoms with Gasteiger partial charge in [0.25, 0.3) is 0 Å². The summed E-state index contributed by atoms with van der Waals surface area (Å²) < 4.78 is 7.83. The quantitative estimate of drug-likeness (QED) is 0.872. The Morgan fingerprint density at radius 3 is 2.84 bits per heavy atom. The maximum absolute atomic E-state index is 12.4. The van der Waals surface area contributed by atoms with Crippen molar-refractivity contribution < 1.29 is 9.53 Å². The lowest BCUT2D eigenvalue weighted by Crippen LogP contribution is -2.51. The van der Waals surface area contributed by atoms with Crippen LogP contribution in [0.3, 0.4) is 0 Å². The van der Waals surface area contributed by atoms with E-state index in [4.69, 9.17) is 4.74 Å². The van der Waals surface area contributed by atoms with Crippen LogP contribution in [0.4, 0.5) is 5.95 Å². The van der Waals surface area contributed by atoms with Crippen molar-refractivity contribution in [2.75, 3.05) is 25.0 Å².